The van der Waals surface area contributed by atoms with Crippen molar-refractivity contribution in [1.82, 2.24) is 0 Å². The lowest BCUT2D eigenvalue weighted by atomic mass is 10.3. The first-order valence-electron chi connectivity index (χ1n) is 9.45. The monoisotopic (exact) mass is 538 g/mol. The fourth-order valence-corrected chi connectivity index (χ4v) is 3.96. The minimum Gasteiger partial charge on any atom is -0.506 e. The van der Waals surface area contributed by atoms with E-state index in [1.807, 2.05) is 0 Å². The number of ether oxygens (including phenoxy) is 1. The summed E-state index contributed by atoms with van der Waals surface area (Å²) in [5.41, 5.74) is 6.06. The Labute approximate surface area is 211 Å². The third-order valence-electron chi connectivity index (χ3n) is 3.58. The van der Waals surface area contributed by atoms with Gasteiger partial charge in [-0.1, -0.05) is 50.2 Å². The molecule has 0 atom stereocenters. The van der Waals surface area contributed by atoms with Gasteiger partial charge in [-0.3, -0.25) is 14.7 Å². The first-order chi connectivity index (χ1) is 15.1. The molecule has 0 aliphatic carbocycles. The van der Waals surface area contributed by atoms with E-state index < -0.39 is 12.5 Å². The molecular weight excluding hydrogens is 506 g/mol. The van der Waals surface area contributed by atoms with Gasteiger partial charge in [0.05, 0.1) is 40.4 Å². The number of nitrogen functional groups attached to an aromatic ring is 1. The van der Waals surface area contributed by atoms with Crippen LogP contribution in [0.2, 0.25) is 10.0 Å². The second-order valence-corrected chi connectivity index (χ2v) is 8.91. The molecule has 0 heterocycles. The summed E-state index contributed by atoms with van der Waals surface area (Å²) >= 11 is 11.4. The van der Waals surface area contributed by atoms with Crippen LogP contribution in [0.15, 0.2) is 48.6 Å². The van der Waals surface area contributed by atoms with Gasteiger partial charge in [-0.05, 0) is 32.0 Å². The maximum absolute atomic E-state index is 12.2. The second kappa shape index (κ2) is 17.2. The highest BCUT2D eigenvalue weighted by Gasteiger charge is 2.20. The van der Waals surface area contributed by atoms with Crippen LogP contribution >= 0.6 is 30.8 Å². The van der Waals surface area contributed by atoms with Crippen molar-refractivity contribution in [2.75, 3.05) is 31.7 Å². The minimum atomic E-state index is -3.04. The van der Waals surface area contributed by atoms with Gasteiger partial charge in [-0.15, -0.1) is 0 Å². The molecule has 192 valence electrons. The number of allylic oxidation sites excluding steroid dienone is 1. The van der Waals surface area contributed by atoms with Crippen LogP contribution in [-0.2, 0) is 13.6 Å². The van der Waals surface area contributed by atoms with Crippen molar-refractivity contribution in [2.24, 2.45) is 0 Å². The number of anilines is 1. The van der Waals surface area contributed by atoms with Crippen LogP contribution in [0.3, 0.4) is 0 Å². The Morgan fingerprint density at radius 2 is 1.65 bits per heavy atom. The molecule has 0 unspecified atom stereocenters. The molecular formula is C22H33Cl2N2O7P. The average molecular weight is 539 g/mol. The quantitative estimate of drug-likeness (QED) is 0.105. The van der Waals surface area contributed by atoms with Crippen LogP contribution in [-0.4, -0.2) is 36.0 Å². The van der Waals surface area contributed by atoms with E-state index in [0.717, 1.165) is 6.07 Å². The maximum Gasteiger partial charge on any atom is 0.334 e. The maximum atomic E-state index is 12.2. The van der Waals surface area contributed by atoms with Gasteiger partial charge in [0.1, 0.15) is 18.1 Å². The van der Waals surface area contributed by atoms with Crippen molar-refractivity contribution in [3.05, 3.63) is 68.7 Å². The lowest BCUT2D eigenvalue weighted by molar-refractivity contribution is -0.384. The van der Waals surface area contributed by atoms with Crippen molar-refractivity contribution in [1.29, 1.82) is 0 Å². The van der Waals surface area contributed by atoms with E-state index >= 15 is 0 Å². The molecule has 2 rings (SSSR count). The zero-order chi connectivity index (χ0) is 24.1. The lowest BCUT2D eigenvalue weighted by Gasteiger charge is -2.14. The number of non-ortho nitro benzene ring substituents is 1. The summed E-state index contributed by atoms with van der Waals surface area (Å²) in [6, 6.07) is 8.53. The summed E-state index contributed by atoms with van der Waals surface area (Å²) in [6.07, 6.45) is 3.67. The third kappa shape index (κ3) is 12.3. The van der Waals surface area contributed by atoms with Crippen LogP contribution < -0.4 is 10.5 Å². The molecule has 0 saturated heterocycles. The van der Waals surface area contributed by atoms with Crippen LogP contribution in [0.4, 0.5) is 11.4 Å². The summed E-state index contributed by atoms with van der Waals surface area (Å²) in [6.45, 7) is 4.54. The number of aromatic hydroxyl groups is 1. The van der Waals surface area contributed by atoms with Gasteiger partial charge in [0.25, 0.3) is 5.69 Å². The van der Waals surface area contributed by atoms with E-state index in [1.165, 1.54) is 12.1 Å². The summed E-state index contributed by atoms with van der Waals surface area (Å²) < 4.78 is 28.0. The van der Waals surface area contributed by atoms with Gasteiger partial charge in [-0.25, -0.2) is 0 Å². The van der Waals surface area contributed by atoms with Crippen molar-refractivity contribution >= 4 is 42.2 Å². The number of hydrogen-bond acceptors (Lipinski definition) is 8. The van der Waals surface area contributed by atoms with Crippen molar-refractivity contribution in [3.8, 4) is 11.5 Å². The minimum absolute atomic E-state index is 0. The van der Waals surface area contributed by atoms with Gasteiger partial charge in [0.2, 0.25) is 0 Å². The van der Waals surface area contributed by atoms with Gasteiger partial charge in [0, 0.05) is 17.8 Å². The molecule has 34 heavy (non-hydrogen) atoms. The number of phenols is 1. The number of nitrogens with two attached hydrogens (primary N) is 1. The molecule has 0 spiro atoms. The number of hydrogen-bond donors (Lipinski definition) is 2. The van der Waals surface area contributed by atoms with E-state index in [1.54, 1.807) is 44.2 Å². The smallest absolute Gasteiger partial charge is 0.334 e. The van der Waals surface area contributed by atoms with Crippen LogP contribution in [0.1, 0.15) is 28.7 Å². The summed E-state index contributed by atoms with van der Waals surface area (Å²) in [4.78, 5) is 9.51. The number of rotatable bonds is 10. The number of nitro benzene ring substituents is 1. The third-order valence-corrected chi connectivity index (χ3v) is 6.17. The van der Waals surface area contributed by atoms with E-state index in [-0.39, 0.29) is 37.5 Å². The highest BCUT2D eigenvalue weighted by Crippen LogP contribution is 2.47. The molecule has 0 radical (unpaired) electrons. The standard InChI is InChI=1S/C14H21ClNO4P.C6H4ClNO3.2CH4/c1-3-19-21(17,20-4-2)10-6-5-9-18-14-11-12(16)7-8-13(14)15;7-5-2-1-4(8(10)11)3-6(5)9;;/h5-8,11H,3-4,9-10,16H2,1-2H3;1-3,9H;2*1H4/b6-5+;;;. The predicted octanol–water partition coefficient (Wildman–Crippen LogP) is 7.35. The Morgan fingerprint density at radius 3 is 2.18 bits per heavy atom. The van der Waals surface area contributed by atoms with Crippen LogP contribution in [0.25, 0.3) is 0 Å². The van der Waals surface area contributed by atoms with Gasteiger partial charge < -0.3 is 24.6 Å². The summed E-state index contributed by atoms with van der Waals surface area (Å²) in [5, 5.41) is 19.6. The first-order valence-corrected chi connectivity index (χ1v) is 11.9. The zero-order valence-electron chi connectivity index (χ0n) is 17.6. The second-order valence-electron chi connectivity index (χ2n) is 5.99. The molecule has 2 aromatic carbocycles. The van der Waals surface area contributed by atoms with Crippen LogP contribution in [0, 0.1) is 10.1 Å². The van der Waals surface area contributed by atoms with Gasteiger partial charge in [-0.2, -0.15) is 0 Å². The molecule has 0 bridgehead atoms. The SMILES string of the molecule is C.C.CCOP(=O)(C/C=C/COc1cc(N)ccc1Cl)OCC.O=[N+]([O-])c1ccc(Cl)c(O)c1. The fourth-order valence-electron chi connectivity index (χ4n) is 2.19. The van der Waals surface area contributed by atoms with E-state index in [2.05, 4.69) is 0 Å². The fraction of sp³-hybridized carbons (Fsp3) is 0.364. The first kappa shape index (κ1) is 33.9. The van der Waals surface area contributed by atoms with Gasteiger partial charge >= 0.3 is 7.60 Å². The molecule has 9 nitrogen and oxygen atoms in total. The summed E-state index contributed by atoms with van der Waals surface area (Å²) in [7, 11) is -3.04. The molecule has 0 aliphatic rings. The van der Waals surface area contributed by atoms with Crippen molar-refractivity contribution in [3.63, 3.8) is 0 Å². The molecule has 0 amide bonds. The average Bonchev–Trinajstić information content (AvgIpc) is 2.73. The Balaban J connectivity index is 0. The molecule has 0 fully saturated rings. The highest BCUT2D eigenvalue weighted by atomic mass is 35.5. The largest absolute Gasteiger partial charge is 0.506 e. The van der Waals surface area contributed by atoms with Gasteiger partial charge in [0.15, 0.2) is 0 Å². The number of benzene rings is 2. The van der Waals surface area contributed by atoms with E-state index in [4.69, 9.17) is 47.8 Å². The van der Waals surface area contributed by atoms with Crippen molar-refractivity contribution in [2.45, 2.75) is 28.7 Å². The topological polar surface area (TPSA) is 134 Å². The molecule has 0 aliphatic heterocycles. The number of phenolic OH excluding ortho intramolecular Hbond substituents is 1. The van der Waals surface area contributed by atoms with Crippen molar-refractivity contribution < 1.29 is 28.4 Å². The van der Waals surface area contributed by atoms with E-state index in [0.29, 0.717) is 36.3 Å². The van der Waals surface area contributed by atoms with Crippen LogP contribution in [0.5, 0.6) is 11.5 Å². The normalized spacial score (nSPS) is 10.5. The predicted molar refractivity (Wildman–Crippen MR) is 139 cm³/mol. The van der Waals surface area contributed by atoms with E-state index in [9.17, 15) is 14.7 Å². The number of halogens is 2. The molecule has 2 aromatic rings. The summed E-state index contributed by atoms with van der Waals surface area (Å²) in [5.74, 6) is 0.236. The molecule has 0 aromatic heterocycles. The molecule has 3 N–H and O–H groups in total. The zero-order valence-corrected chi connectivity index (χ0v) is 20.0. The Kier molecular flexibility index (Phi) is 17.1. The highest BCUT2D eigenvalue weighted by molar-refractivity contribution is 7.54. The number of nitro groups is 1. The Morgan fingerprint density at radius 1 is 1.06 bits per heavy atom. The number of nitrogens with zero attached hydrogens (tertiary/aromatic N) is 1. The Hall–Kier alpha value is -2.29. The molecule has 0 saturated carbocycles. The Bertz CT molecular complexity index is 964. The molecule has 12 heteroatoms. The lowest BCUT2D eigenvalue weighted by Crippen LogP contribution is -1.99.